The highest BCUT2D eigenvalue weighted by molar-refractivity contribution is 5.54. The molecule has 0 aliphatic rings. The van der Waals surface area contributed by atoms with E-state index in [-0.39, 0.29) is 5.82 Å². The van der Waals surface area contributed by atoms with Gasteiger partial charge in [0.05, 0.1) is 12.1 Å². The summed E-state index contributed by atoms with van der Waals surface area (Å²) in [6.07, 6.45) is 0.848. The lowest BCUT2D eigenvalue weighted by atomic mass is 10.1. The van der Waals surface area contributed by atoms with Gasteiger partial charge < -0.3 is 0 Å². The second-order valence-corrected chi connectivity index (χ2v) is 5.24. The van der Waals surface area contributed by atoms with Crippen LogP contribution in [-0.2, 0) is 13.0 Å². The summed E-state index contributed by atoms with van der Waals surface area (Å²) in [6.45, 7) is 1.25. The number of hydrogen-bond acceptors (Lipinski definition) is 3. The Morgan fingerprint density at radius 2 is 1.40 bits per heavy atom. The minimum Gasteiger partial charge on any atom is -0.203 e. The number of aromatic nitrogens is 4. The second-order valence-electron chi connectivity index (χ2n) is 5.24. The van der Waals surface area contributed by atoms with Crippen molar-refractivity contribution in [1.82, 2.24) is 20.2 Å². The Morgan fingerprint density at radius 1 is 0.840 bits per heavy atom. The molecular weight excluding hydrogens is 343 g/mol. The maximum absolute atomic E-state index is 13.7. The number of nitrogens with zero attached hydrogens (tertiary/aromatic N) is 4. The molecule has 0 bridgehead atoms. The molecule has 1 heterocycles. The number of rotatable bonds is 4. The molecule has 3 aromatic rings. The SMILES string of the molecule is CCc1ccc(-c2nnn(Cc3c(F)c(F)c(F)c(F)c3F)n2)cc1. The fourth-order valence-corrected chi connectivity index (χ4v) is 2.25. The molecule has 0 aliphatic heterocycles. The average Bonchev–Trinajstić information content (AvgIpc) is 3.10. The Balaban J connectivity index is 1.92. The lowest BCUT2D eigenvalue weighted by Gasteiger charge is -2.07. The molecule has 0 amide bonds. The summed E-state index contributed by atoms with van der Waals surface area (Å²) in [5, 5.41) is 11.3. The first-order valence-corrected chi connectivity index (χ1v) is 7.29. The molecule has 0 spiro atoms. The fraction of sp³-hybridized carbons (Fsp3) is 0.188. The molecule has 3 rings (SSSR count). The van der Waals surface area contributed by atoms with Crippen LogP contribution in [0.5, 0.6) is 0 Å². The summed E-state index contributed by atoms with van der Waals surface area (Å²) in [4.78, 5) is 0.765. The predicted molar refractivity (Wildman–Crippen MR) is 78.0 cm³/mol. The molecule has 0 atom stereocenters. The lowest BCUT2D eigenvalue weighted by molar-refractivity contribution is 0.364. The molecular formula is C16H11F5N4. The van der Waals surface area contributed by atoms with Crippen molar-refractivity contribution in [1.29, 1.82) is 0 Å². The number of tetrazole rings is 1. The first-order valence-electron chi connectivity index (χ1n) is 7.29. The molecule has 0 fully saturated rings. The molecule has 130 valence electrons. The number of halogens is 5. The Hall–Kier alpha value is -2.84. The zero-order valence-corrected chi connectivity index (χ0v) is 12.9. The highest BCUT2D eigenvalue weighted by atomic mass is 19.2. The van der Waals surface area contributed by atoms with Crippen LogP contribution >= 0.6 is 0 Å². The van der Waals surface area contributed by atoms with Crippen molar-refractivity contribution >= 4 is 0 Å². The number of benzene rings is 2. The van der Waals surface area contributed by atoms with E-state index < -0.39 is 41.2 Å². The summed E-state index contributed by atoms with van der Waals surface area (Å²) in [5.41, 5.74) is 0.681. The molecule has 0 aliphatic carbocycles. The first kappa shape index (κ1) is 17.0. The highest BCUT2D eigenvalue weighted by Crippen LogP contribution is 2.23. The van der Waals surface area contributed by atoms with Crippen molar-refractivity contribution in [3.8, 4) is 11.4 Å². The van der Waals surface area contributed by atoms with Gasteiger partial charge in [-0.3, -0.25) is 0 Å². The summed E-state index contributed by atoms with van der Waals surface area (Å²) in [5.74, 6) is -9.88. The summed E-state index contributed by atoms with van der Waals surface area (Å²) in [7, 11) is 0. The van der Waals surface area contributed by atoms with E-state index in [9.17, 15) is 22.0 Å². The van der Waals surface area contributed by atoms with Crippen LogP contribution in [0, 0.1) is 29.1 Å². The maximum Gasteiger partial charge on any atom is 0.204 e. The Kier molecular flexibility index (Phi) is 4.47. The molecule has 1 aromatic heterocycles. The zero-order valence-electron chi connectivity index (χ0n) is 12.9. The van der Waals surface area contributed by atoms with E-state index in [1.807, 2.05) is 19.1 Å². The van der Waals surface area contributed by atoms with Crippen LogP contribution in [0.2, 0.25) is 0 Å². The smallest absolute Gasteiger partial charge is 0.203 e. The summed E-state index contributed by atoms with van der Waals surface area (Å²) >= 11 is 0. The van der Waals surface area contributed by atoms with Gasteiger partial charge in [0.2, 0.25) is 11.6 Å². The van der Waals surface area contributed by atoms with Crippen molar-refractivity contribution in [2.45, 2.75) is 19.9 Å². The van der Waals surface area contributed by atoms with Crippen LogP contribution in [0.4, 0.5) is 22.0 Å². The Morgan fingerprint density at radius 3 is 1.96 bits per heavy atom. The van der Waals surface area contributed by atoms with Gasteiger partial charge in [-0.05, 0) is 17.2 Å². The largest absolute Gasteiger partial charge is 0.204 e. The number of hydrogen-bond donors (Lipinski definition) is 0. The standard InChI is InChI=1S/C16H11F5N4/c1-2-8-3-5-9(6-4-8)16-22-24-25(23-16)7-10-11(17)13(19)15(21)14(20)12(10)18/h3-6H,2,7H2,1H3. The molecule has 25 heavy (non-hydrogen) atoms. The van der Waals surface area contributed by atoms with Gasteiger partial charge in [-0.2, -0.15) is 4.80 Å². The first-order chi connectivity index (χ1) is 11.9. The molecule has 0 unspecified atom stereocenters. The third-order valence-corrected chi connectivity index (χ3v) is 3.67. The lowest BCUT2D eigenvalue weighted by Crippen LogP contribution is -2.13. The van der Waals surface area contributed by atoms with E-state index in [1.54, 1.807) is 12.1 Å². The highest BCUT2D eigenvalue weighted by Gasteiger charge is 2.26. The topological polar surface area (TPSA) is 43.6 Å². The van der Waals surface area contributed by atoms with Crippen LogP contribution in [-0.4, -0.2) is 20.2 Å². The van der Waals surface area contributed by atoms with Crippen molar-refractivity contribution < 1.29 is 22.0 Å². The molecule has 0 saturated heterocycles. The van der Waals surface area contributed by atoms with Gasteiger partial charge in [0, 0.05) is 5.56 Å². The third kappa shape index (κ3) is 3.09. The quantitative estimate of drug-likeness (QED) is 0.408. The summed E-state index contributed by atoms with van der Waals surface area (Å²) in [6, 6.07) is 7.22. The van der Waals surface area contributed by atoms with Gasteiger partial charge >= 0.3 is 0 Å². The summed E-state index contributed by atoms with van der Waals surface area (Å²) < 4.78 is 66.9. The van der Waals surface area contributed by atoms with Crippen molar-refractivity contribution in [2.75, 3.05) is 0 Å². The molecule has 4 nitrogen and oxygen atoms in total. The van der Waals surface area contributed by atoms with Gasteiger partial charge in [-0.25, -0.2) is 22.0 Å². The van der Waals surface area contributed by atoms with Crippen LogP contribution < -0.4 is 0 Å². The predicted octanol–water partition coefficient (Wildman–Crippen LogP) is 3.65. The van der Waals surface area contributed by atoms with Crippen molar-refractivity contribution in [3.63, 3.8) is 0 Å². The van der Waals surface area contributed by atoms with E-state index in [0.717, 1.165) is 16.8 Å². The van der Waals surface area contributed by atoms with Gasteiger partial charge in [0.25, 0.3) is 0 Å². The van der Waals surface area contributed by atoms with Crippen LogP contribution in [0.3, 0.4) is 0 Å². The molecule has 0 radical (unpaired) electrons. The van der Waals surface area contributed by atoms with Crippen molar-refractivity contribution in [3.05, 3.63) is 64.5 Å². The van der Waals surface area contributed by atoms with E-state index in [2.05, 4.69) is 15.4 Å². The van der Waals surface area contributed by atoms with Crippen molar-refractivity contribution in [2.24, 2.45) is 0 Å². The Labute approximate surface area is 138 Å². The van der Waals surface area contributed by atoms with Crippen LogP contribution in [0.15, 0.2) is 24.3 Å². The third-order valence-electron chi connectivity index (χ3n) is 3.67. The van der Waals surface area contributed by atoms with E-state index >= 15 is 0 Å². The second kappa shape index (κ2) is 6.58. The number of aryl methyl sites for hydroxylation is 1. The normalized spacial score (nSPS) is 11.1. The van der Waals surface area contributed by atoms with Gasteiger partial charge in [0.15, 0.2) is 23.3 Å². The van der Waals surface area contributed by atoms with Gasteiger partial charge in [0.1, 0.15) is 0 Å². The van der Waals surface area contributed by atoms with E-state index in [1.165, 1.54) is 0 Å². The van der Waals surface area contributed by atoms with Gasteiger partial charge in [-0.15, -0.1) is 10.2 Å². The Bertz CT molecular complexity index is 892. The molecule has 0 saturated carbocycles. The zero-order chi connectivity index (χ0) is 18.1. The molecule has 0 N–H and O–H groups in total. The van der Waals surface area contributed by atoms with Crippen LogP contribution in [0.1, 0.15) is 18.1 Å². The molecule has 9 heteroatoms. The van der Waals surface area contributed by atoms with Gasteiger partial charge in [-0.1, -0.05) is 31.2 Å². The van der Waals surface area contributed by atoms with E-state index in [4.69, 9.17) is 0 Å². The fourth-order valence-electron chi connectivity index (χ4n) is 2.25. The average molecular weight is 354 g/mol. The van der Waals surface area contributed by atoms with E-state index in [0.29, 0.717) is 5.56 Å². The van der Waals surface area contributed by atoms with Crippen LogP contribution in [0.25, 0.3) is 11.4 Å². The minimum absolute atomic E-state index is 0.173. The maximum atomic E-state index is 13.7. The molecule has 2 aromatic carbocycles. The monoisotopic (exact) mass is 354 g/mol. The minimum atomic E-state index is -2.21.